The van der Waals surface area contributed by atoms with E-state index in [1.54, 1.807) is 35.2 Å². The third-order valence-corrected chi connectivity index (χ3v) is 5.65. The maximum Gasteiger partial charge on any atom is 0.256 e. The molecule has 5 nitrogen and oxygen atoms in total. The van der Waals surface area contributed by atoms with Gasteiger partial charge in [-0.25, -0.2) is 0 Å². The number of benzene rings is 1. The fourth-order valence-electron chi connectivity index (χ4n) is 3.62. The van der Waals surface area contributed by atoms with Crippen LogP contribution in [0.1, 0.15) is 18.9 Å². The zero-order chi connectivity index (χ0) is 19.4. The number of rotatable bonds is 5. The van der Waals surface area contributed by atoms with E-state index < -0.39 is 5.60 Å². The zero-order valence-electron chi connectivity index (χ0n) is 16.1. The Labute approximate surface area is 164 Å². The number of carbonyl (C=O) groups is 2. The van der Waals surface area contributed by atoms with Crippen molar-refractivity contribution in [2.75, 3.05) is 33.8 Å². The van der Waals surface area contributed by atoms with Crippen LogP contribution in [0.2, 0.25) is 0 Å². The van der Waals surface area contributed by atoms with Gasteiger partial charge in [0, 0.05) is 33.5 Å². The lowest BCUT2D eigenvalue weighted by Gasteiger charge is -2.43. The second kappa shape index (κ2) is 8.23. The van der Waals surface area contributed by atoms with Gasteiger partial charge in [0.2, 0.25) is 5.91 Å². The van der Waals surface area contributed by atoms with Gasteiger partial charge in [0.05, 0.1) is 13.2 Å². The van der Waals surface area contributed by atoms with Gasteiger partial charge in [0.25, 0.3) is 5.91 Å². The van der Waals surface area contributed by atoms with Crippen molar-refractivity contribution in [1.29, 1.82) is 0 Å². The van der Waals surface area contributed by atoms with Gasteiger partial charge in [-0.05, 0) is 33.5 Å². The number of amides is 2. The second-order valence-corrected chi connectivity index (χ2v) is 7.84. The van der Waals surface area contributed by atoms with E-state index in [4.69, 9.17) is 4.74 Å². The number of carbonyl (C=O) groups excluding carboxylic acids is 2. The van der Waals surface area contributed by atoms with Gasteiger partial charge in [0.15, 0.2) is 5.60 Å². The number of morpholine rings is 1. The topological polar surface area (TPSA) is 49.9 Å². The Morgan fingerprint density at radius 1 is 1.26 bits per heavy atom. The molecule has 1 fully saturated rings. The molecule has 0 aliphatic carbocycles. The summed E-state index contributed by atoms with van der Waals surface area (Å²) in [4.78, 5) is 28.8. The van der Waals surface area contributed by atoms with Crippen LogP contribution in [0.15, 0.2) is 41.1 Å². The predicted molar refractivity (Wildman–Crippen MR) is 108 cm³/mol. The molecule has 144 valence electrons. The van der Waals surface area contributed by atoms with Gasteiger partial charge >= 0.3 is 0 Å². The van der Waals surface area contributed by atoms with E-state index in [1.807, 2.05) is 30.5 Å². The minimum atomic E-state index is -1.06. The molecule has 1 saturated heterocycles. The second-order valence-electron chi connectivity index (χ2n) is 7.06. The van der Waals surface area contributed by atoms with E-state index in [2.05, 4.69) is 17.5 Å². The molecule has 0 bridgehead atoms. The third-order valence-electron chi connectivity index (χ3n) is 4.96. The standard InChI is InChI=1S/C21H26N2O3S/c1-4-19(24)23-10-11-26-21(15-23,20(25)22(2)3)13-16-7-5-6-8-18(16)17-9-12-27-14-17/h5-9,12,14H,4,10-11,13,15H2,1-3H3/t21-/m0/s1. The normalized spacial score (nSPS) is 19.7. The molecule has 1 aliphatic heterocycles. The Kier molecular flexibility index (Phi) is 5.97. The predicted octanol–water partition coefficient (Wildman–Crippen LogP) is 3.05. The molecule has 1 atom stereocenters. The maximum absolute atomic E-state index is 13.1. The Hall–Kier alpha value is -2.18. The number of ether oxygens (including phenoxy) is 1. The van der Waals surface area contributed by atoms with Crippen LogP contribution in [0, 0.1) is 0 Å². The molecule has 1 aromatic heterocycles. The van der Waals surface area contributed by atoms with Crippen molar-refractivity contribution in [3.8, 4) is 11.1 Å². The number of hydrogen-bond acceptors (Lipinski definition) is 4. The van der Waals surface area contributed by atoms with Gasteiger partial charge in [-0.1, -0.05) is 31.2 Å². The van der Waals surface area contributed by atoms with E-state index >= 15 is 0 Å². The van der Waals surface area contributed by atoms with E-state index in [9.17, 15) is 9.59 Å². The summed E-state index contributed by atoms with van der Waals surface area (Å²) in [5.41, 5.74) is 2.24. The van der Waals surface area contributed by atoms with Crippen LogP contribution in [0.4, 0.5) is 0 Å². The highest BCUT2D eigenvalue weighted by Crippen LogP contribution is 2.32. The minimum absolute atomic E-state index is 0.0559. The highest BCUT2D eigenvalue weighted by molar-refractivity contribution is 7.08. The van der Waals surface area contributed by atoms with Gasteiger partial charge in [-0.15, -0.1) is 0 Å². The molecular formula is C21H26N2O3S. The highest BCUT2D eigenvalue weighted by Gasteiger charge is 2.46. The molecule has 0 N–H and O–H groups in total. The Balaban J connectivity index is 1.99. The van der Waals surface area contributed by atoms with Crippen LogP contribution < -0.4 is 0 Å². The van der Waals surface area contributed by atoms with Gasteiger partial charge in [0.1, 0.15) is 0 Å². The van der Waals surface area contributed by atoms with Gasteiger partial charge in [-0.3, -0.25) is 9.59 Å². The average Bonchev–Trinajstić information content (AvgIpc) is 3.21. The van der Waals surface area contributed by atoms with Crippen LogP contribution >= 0.6 is 11.3 Å². The molecule has 1 aromatic carbocycles. The van der Waals surface area contributed by atoms with Crippen LogP contribution in [-0.4, -0.2) is 61.0 Å². The highest BCUT2D eigenvalue weighted by atomic mass is 32.1. The summed E-state index contributed by atoms with van der Waals surface area (Å²) in [6, 6.07) is 10.2. The minimum Gasteiger partial charge on any atom is -0.361 e. The van der Waals surface area contributed by atoms with Gasteiger partial charge < -0.3 is 14.5 Å². The molecule has 0 unspecified atom stereocenters. The fraction of sp³-hybridized carbons (Fsp3) is 0.429. The van der Waals surface area contributed by atoms with Crippen LogP contribution in [0.25, 0.3) is 11.1 Å². The first-order valence-electron chi connectivity index (χ1n) is 9.21. The molecule has 1 aliphatic rings. The molecule has 3 rings (SSSR count). The molecule has 0 spiro atoms. The molecular weight excluding hydrogens is 360 g/mol. The number of likely N-dealkylation sites (N-methyl/N-ethyl adjacent to an activating group) is 1. The lowest BCUT2D eigenvalue weighted by Crippen LogP contribution is -2.61. The average molecular weight is 387 g/mol. The summed E-state index contributed by atoms with van der Waals surface area (Å²) in [6.07, 6.45) is 0.862. The van der Waals surface area contributed by atoms with E-state index in [-0.39, 0.29) is 18.4 Å². The lowest BCUT2D eigenvalue weighted by atomic mass is 9.87. The SMILES string of the molecule is CCC(=O)N1CCO[C@](Cc2ccccc2-c2ccsc2)(C(=O)N(C)C)C1. The molecule has 0 saturated carbocycles. The first-order valence-corrected chi connectivity index (χ1v) is 10.1. The number of nitrogens with zero attached hydrogens (tertiary/aromatic N) is 2. The van der Waals surface area contributed by atoms with Crippen molar-refractivity contribution in [2.45, 2.75) is 25.4 Å². The molecule has 6 heteroatoms. The van der Waals surface area contributed by atoms with E-state index in [0.717, 1.165) is 16.7 Å². The van der Waals surface area contributed by atoms with Crippen molar-refractivity contribution in [3.63, 3.8) is 0 Å². The molecule has 2 heterocycles. The molecule has 27 heavy (non-hydrogen) atoms. The zero-order valence-corrected chi connectivity index (χ0v) is 16.9. The Bertz CT molecular complexity index is 804. The molecule has 2 amide bonds. The Morgan fingerprint density at radius 2 is 2.04 bits per heavy atom. The summed E-state index contributed by atoms with van der Waals surface area (Å²) in [5, 5.41) is 4.15. The van der Waals surface area contributed by atoms with Crippen molar-refractivity contribution < 1.29 is 14.3 Å². The maximum atomic E-state index is 13.1. The summed E-state index contributed by atoms with van der Waals surface area (Å²) in [6.45, 7) is 3.03. The fourth-order valence-corrected chi connectivity index (χ4v) is 4.28. The third kappa shape index (κ3) is 4.06. The van der Waals surface area contributed by atoms with Crippen LogP contribution in [0.5, 0.6) is 0 Å². The van der Waals surface area contributed by atoms with E-state index in [1.165, 1.54) is 0 Å². The summed E-state index contributed by atoms with van der Waals surface area (Å²) in [5.74, 6) is -0.0448. The quantitative estimate of drug-likeness (QED) is 0.794. The lowest BCUT2D eigenvalue weighted by molar-refractivity contribution is -0.172. The van der Waals surface area contributed by atoms with Crippen molar-refractivity contribution >= 4 is 23.2 Å². The number of hydrogen-bond donors (Lipinski definition) is 0. The molecule has 2 aromatic rings. The van der Waals surface area contributed by atoms with Gasteiger partial charge in [-0.2, -0.15) is 11.3 Å². The van der Waals surface area contributed by atoms with Crippen LogP contribution in [-0.2, 0) is 20.7 Å². The van der Waals surface area contributed by atoms with Crippen LogP contribution in [0.3, 0.4) is 0 Å². The number of thiophene rings is 1. The van der Waals surface area contributed by atoms with Crippen molar-refractivity contribution in [3.05, 3.63) is 46.7 Å². The van der Waals surface area contributed by atoms with Crippen molar-refractivity contribution in [2.24, 2.45) is 0 Å². The van der Waals surface area contributed by atoms with E-state index in [0.29, 0.717) is 26.0 Å². The smallest absolute Gasteiger partial charge is 0.256 e. The first kappa shape index (κ1) is 19.6. The summed E-state index contributed by atoms with van der Waals surface area (Å²) in [7, 11) is 3.47. The summed E-state index contributed by atoms with van der Waals surface area (Å²) < 4.78 is 6.11. The Morgan fingerprint density at radius 3 is 2.70 bits per heavy atom. The largest absolute Gasteiger partial charge is 0.361 e. The first-order chi connectivity index (χ1) is 13.0. The van der Waals surface area contributed by atoms with Crippen molar-refractivity contribution in [1.82, 2.24) is 9.80 Å². The monoisotopic (exact) mass is 386 g/mol. The summed E-state index contributed by atoms with van der Waals surface area (Å²) >= 11 is 1.65. The molecule has 0 radical (unpaired) electrons.